The zero-order valence-electron chi connectivity index (χ0n) is 10.7. The SMILES string of the molecule is ClCCCCCCCCCCC1CCOOO1. The van der Waals surface area contributed by atoms with E-state index in [0.717, 1.165) is 18.7 Å². The van der Waals surface area contributed by atoms with Crippen LogP contribution < -0.4 is 0 Å². The molecular formula is C13H25ClO3. The highest BCUT2D eigenvalue weighted by molar-refractivity contribution is 6.17. The summed E-state index contributed by atoms with van der Waals surface area (Å²) in [5.41, 5.74) is 0. The zero-order chi connectivity index (χ0) is 12.2. The largest absolute Gasteiger partial charge is 0.206 e. The molecule has 17 heavy (non-hydrogen) atoms. The fraction of sp³-hybridized carbons (Fsp3) is 1.00. The van der Waals surface area contributed by atoms with Crippen molar-refractivity contribution < 1.29 is 14.8 Å². The van der Waals surface area contributed by atoms with Crippen LogP contribution in [0.2, 0.25) is 0 Å². The summed E-state index contributed by atoms with van der Waals surface area (Å²) < 4.78 is 0. The van der Waals surface area contributed by atoms with E-state index in [0.29, 0.717) is 6.61 Å². The van der Waals surface area contributed by atoms with Crippen LogP contribution in [0, 0.1) is 0 Å². The molecule has 0 aliphatic carbocycles. The van der Waals surface area contributed by atoms with E-state index in [1.54, 1.807) is 0 Å². The second kappa shape index (κ2) is 11.3. The average molecular weight is 265 g/mol. The Balaban J connectivity index is 1.75. The molecule has 3 nitrogen and oxygen atoms in total. The Bertz CT molecular complexity index is 161. The van der Waals surface area contributed by atoms with Crippen LogP contribution in [-0.4, -0.2) is 18.6 Å². The lowest BCUT2D eigenvalue weighted by atomic mass is 10.0. The number of unbranched alkanes of at least 4 members (excludes halogenated alkanes) is 7. The van der Waals surface area contributed by atoms with Crippen LogP contribution in [0.3, 0.4) is 0 Å². The molecule has 0 amide bonds. The van der Waals surface area contributed by atoms with E-state index in [4.69, 9.17) is 16.5 Å². The van der Waals surface area contributed by atoms with Crippen molar-refractivity contribution in [2.45, 2.75) is 70.3 Å². The Morgan fingerprint density at radius 2 is 1.53 bits per heavy atom. The molecule has 4 heteroatoms. The molecular weight excluding hydrogens is 240 g/mol. The van der Waals surface area contributed by atoms with E-state index in [1.807, 2.05) is 0 Å². The van der Waals surface area contributed by atoms with Crippen molar-refractivity contribution in [3.8, 4) is 0 Å². The monoisotopic (exact) mass is 264 g/mol. The molecule has 0 radical (unpaired) electrons. The second-order valence-corrected chi connectivity index (χ2v) is 5.08. The fourth-order valence-corrected chi connectivity index (χ4v) is 2.25. The number of halogens is 1. The first-order chi connectivity index (χ1) is 8.43. The zero-order valence-corrected chi connectivity index (χ0v) is 11.4. The van der Waals surface area contributed by atoms with Gasteiger partial charge in [-0.2, -0.15) is 0 Å². The van der Waals surface area contributed by atoms with Gasteiger partial charge in [0.1, 0.15) is 0 Å². The Morgan fingerprint density at radius 1 is 0.882 bits per heavy atom. The summed E-state index contributed by atoms with van der Waals surface area (Å²) in [7, 11) is 0. The predicted octanol–water partition coefficient (Wildman–Crippen LogP) is 4.39. The van der Waals surface area contributed by atoms with E-state index in [9.17, 15) is 0 Å². The van der Waals surface area contributed by atoms with Crippen LogP contribution >= 0.6 is 11.6 Å². The molecule has 1 heterocycles. The molecule has 1 unspecified atom stereocenters. The van der Waals surface area contributed by atoms with E-state index in [2.05, 4.69) is 9.93 Å². The van der Waals surface area contributed by atoms with Crippen LogP contribution in [0.15, 0.2) is 0 Å². The van der Waals surface area contributed by atoms with Gasteiger partial charge in [-0.1, -0.05) is 50.0 Å². The summed E-state index contributed by atoms with van der Waals surface area (Å²) in [5.74, 6) is 0.813. The maximum absolute atomic E-state index is 5.63. The van der Waals surface area contributed by atoms with Gasteiger partial charge >= 0.3 is 0 Å². The van der Waals surface area contributed by atoms with E-state index >= 15 is 0 Å². The van der Waals surface area contributed by atoms with Crippen molar-refractivity contribution in [2.75, 3.05) is 12.5 Å². The van der Waals surface area contributed by atoms with Gasteiger partial charge in [-0.25, -0.2) is 9.78 Å². The summed E-state index contributed by atoms with van der Waals surface area (Å²) in [6.07, 6.45) is 12.7. The first kappa shape index (κ1) is 15.2. The third-order valence-corrected chi connectivity index (χ3v) is 3.42. The minimum absolute atomic E-state index is 0.243. The van der Waals surface area contributed by atoms with Gasteiger partial charge in [0.2, 0.25) is 0 Å². The first-order valence-electron chi connectivity index (χ1n) is 6.94. The summed E-state index contributed by atoms with van der Waals surface area (Å²) in [5, 5.41) is 4.50. The predicted molar refractivity (Wildman–Crippen MR) is 68.8 cm³/mol. The second-order valence-electron chi connectivity index (χ2n) is 4.70. The molecule has 1 aliphatic heterocycles. The van der Waals surface area contributed by atoms with Crippen molar-refractivity contribution in [2.24, 2.45) is 0 Å². The molecule has 1 atom stereocenters. The molecule has 1 fully saturated rings. The smallest absolute Gasteiger partial charge is 0.0984 e. The van der Waals surface area contributed by atoms with Gasteiger partial charge in [-0.3, -0.25) is 0 Å². The van der Waals surface area contributed by atoms with Crippen LogP contribution in [0.25, 0.3) is 0 Å². The van der Waals surface area contributed by atoms with Gasteiger partial charge in [0.05, 0.1) is 12.7 Å². The van der Waals surface area contributed by atoms with Crippen molar-refractivity contribution in [3.63, 3.8) is 0 Å². The van der Waals surface area contributed by atoms with E-state index in [1.165, 1.54) is 51.4 Å². The van der Waals surface area contributed by atoms with Gasteiger partial charge in [-0.15, -0.1) is 11.6 Å². The lowest BCUT2D eigenvalue weighted by Crippen LogP contribution is -2.21. The van der Waals surface area contributed by atoms with Crippen molar-refractivity contribution in [1.82, 2.24) is 0 Å². The molecule has 102 valence electrons. The molecule has 0 aromatic carbocycles. The van der Waals surface area contributed by atoms with Gasteiger partial charge in [0, 0.05) is 12.3 Å². The maximum Gasteiger partial charge on any atom is 0.0984 e. The van der Waals surface area contributed by atoms with Crippen LogP contribution in [0.4, 0.5) is 0 Å². The first-order valence-corrected chi connectivity index (χ1v) is 7.48. The van der Waals surface area contributed by atoms with Gasteiger partial charge in [0.25, 0.3) is 0 Å². The molecule has 0 bridgehead atoms. The third-order valence-electron chi connectivity index (χ3n) is 3.16. The Labute approximate surface area is 110 Å². The average Bonchev–Trinajstić information content (AvgIpc) is 2.38. The summed E-state index contributed by atoms with van der Waals surface area (Å²) >= 11 is 5.63. The Hall–Kier alpha value is 0.170. The lowest BCUT2D eigenvalue weighted by molar-refractivity contribution is -0.549. The van der Waals surface area contributed by atoms with Crippen molar-refractivity contribution in [3.05, 3.63) is 0 Å². The fourth-order valence-electron chi connectivity index (χ4n) is 2.06. The van der Waals surface area contributed by atoms with Crippen LogP contribution in [0.1, 0.15) is 64.2 Å². The molecule has 0 aromatic rings. The summed E-state index contributed by atoms with van der Waals surface area (Å²) in [6.45, 7) is 0.658. The topological polar surface area (TPSA) is 27.7 Å². The molecule has 0 saturated carbocycles. The van der Waals surface area contributed by atoms with E-state index < -0.39 is 0 Å². The normalized spacial score (nSPS) is 20.6. The maximum atomic E-state index is 5.63. The molecule has 0 aromatic heterocycles. The Kier molecular flexibility index (Phi) is 10.1. The Morgan fingerprint density at radius 3 is 2.12 bits per heavy atom. The van der Waals surface area contributed by atoms with Gasteiger partial charge < -0.3 is 0 Å². The quantitative estimate of drug-likeness (QED) is 0.333. The third kappa shape index (κ3) is 8.83. The highest BCUT2D eigenvalue weighted by Gasteiger charge is 2.15. The number of alkyl halides is 1. The van der Waals surface area contributed by atoms with Crippen LogP contribution in [-0.2, 0) is 14.8 Å². The van der Waals surface area contributed by atoms with Crippen molar-refractivity contribution in [1.29, 1.82) is 0 Å². The van der Waals surface area contributed by atoms with Gasteiger partial charge in [0.15, 0.2) is 0 Å². The number of hydrogen-bond acceptors (Lipinski definition) is 3. The molecule has 1 saturated heterocycles. The summed E-state index contributed by atoms with van der Waals surface area (Å²) in [6, 6.07) is 0. The van der Waals surface area contributed by atoms with E-state index in [-0.39, 0.29) is 6.10 Å². The highest BCUT2D eigenvalue weighted by Crippen LogP contribution is 2.16. The number of rotatable bonds is 10. The van der Waals surface area contributed by atoms with Gasteiger partial charge in [-0.05, 0) is 12.8 Å². The standard InChI is InChI=1S/C13H25ClO3/c14-11-8-6-4-2-1-3-5-7-9-13-10-12-15-17-16-13/h13H,1-12H2. The molecule has 1 aliphatic rings. The number of hydrogen-bond donors (Lipinski definition) is 0. The van der Waals surface area contributed by atoms with Crippen molar-refractivity contribution >= 4 is 11.6 Å². The minimum atomic E-state index is 0.243. The minimum Gasteiger partial charge on any atom is -0.206 e. The van der Waals surface area contributed by atoms with Crippen LogP contribution in [0.5, 0.6) is 0 Å². The molecule has 1 rings (SSSR count). The molecule has 0 spiro atoms. The lowest BCUT2D eigenvalue weighted by Gasteiger charge is -2.19. The summed E-state index contributed by atoms with van der Waals surface area (Å²) in [4.78, 5) is 9.67. The highest BCUT2D eigenvalue weighted by atomic mass is 35.5. The molecule has 0 N–H and O–H groups in total.